The van der Waals surface area contributed by atoms with Crippen LogP contribution in [0.4, 0.5) is 15.8 Å². The van der Waals surface area contributed by atoms with Gasteiger partial charge in [-0.15, -0.1) is 0 Å². The molecule has 0 heterocycles. The van der Waals surface area contributed by atoms with Gasteiger partial charge in [0.05, 0.1) is 4.92 Å². The van der Waals surface area contributed by atoms with E-state index in [0.717, 1.165) is 12.1 Å². The molecule has 1 aromatic rings. The van der Waals surface area contributed by atoms with Crippen LogP contribution in [0.2, 0.25) is 0 Å². The summed E-state index contributed by atoms with van der Waals surface area (Å²) in [6, 6.07) is 1.85. The number of nitrogens with two attached hydrogens (primary N) is 1. The normalized spacial score (nSPS) is 9.79. The largest absolute Gasteiger partial charge is 0.478 e. The first kappa shape index (κ1) is 9.90. The van der Waals surface area contributed by atoms with Gasteiger partial charge in [-0.2, -0.15) is 4.39 Å². The lowest BCUT2D eigenvalue weighted by molar-refractivity contribution is -0.386. The molecule has 7 heteroatoms. The SMILES string of the molecule is Nc1ccc(C(=O)O)c(F)c1[N+](=O)[O-]. The van der Waals surface area contributed by atoms with Crippen molar-refractivity contribution in [1.29, 1.82) is 0 Å². The van der Waals surface area contributed by atoms with Gasteiger partial charge < -0.3 is 10.8 Å². The number of carboxylic acids is 1. The number of nitro benzene ring substituents is 1. The first-order valence-electron chi connectivity index (χ1n) is 3.40. The number of carbonyl (C=O) groups is 1. The molecule has 6 nitrogen and oxygen atoms in total. The van der Waals surface area contributed by atoms with Gasteiger partial charge in [0.1, 0.15) is 11.3 Å². The predicted octanol–water partition coefficient (Wildman–Crippen LogP) is 1.01. The molecule has 0 aliphatic carbocycles. The lowest BCUT2D eigenvalue weighted by Crippen LogP contribution is -2.06. The van der Waals surface area contributed by atoms with Crippen LogP contribution in [0.15, 0.2) is 12.1 Å². The van der Waals surface area contributed by atoms with Crippen molar-refractivity contribution in [3.63, 3.8) is 0 Å². The topological polar surface area (TPSA) is 106 Å². The van der Waals surface area contributed by atoms with Crippen molar-refractivity contribution in [2.24, 2.45) is 0 Å². The van der Waals surface area contributed by atoms with Crippen LogP contribution in [0.25, 0.3) is 0 Å². The van der Waals surface area contributed by atoms with Crippen molar-refractivity contribution in [2.45, 2.75) is 0 Å². The second-order valence-corrected chi connectivity index (χ2v) is 2.43. The van der Waals surface area contributed by atoms with E-state index in [9.17, 15) is 19.3 Å². The van der Waals surface area contributed by atoms with Crippen LogP contribution >= 0.6 is 0 Å². The van der Waals surface area contributed by atoms with E-state index in [1.54, 1.807) is 0 Å². The predicted molar refractivity (Wildman–Crippen MR) is 44.4 cm³/mol. The van der Waals surface area contributed by atoms with Crippen molar-refractivity contribution < 1.29 is 19.2 Å². The van der Waals surface area contributed by atoms with E-state index in [0.29, 0.717) is 0 Å². The third-order valence-corrected chi connectivity index (χ3v) is 1.56. The lowest BCUT2D eigenvalue weighted by atomic mass is 10.1. The number of carboxylic acid groups (broad SMARTS) is 1. The maximum absolute atomic E-state index is 13.1. The van der Waals surface area contributed by atoms with E-state index in [1.165, 1.54) is 0 Å². The van der Waals surface area contributed by atoms with Crippen LogP contribution in [0.1, 0.15) is 10.4 Å². The van der Waals surface area contributed by atoms with E-state index in [-0.39, 0.29) is 0 Å². The Morgan fingerprint density at radius 1 is 1.57 bits per heavy atom. The second kappa shape index (κ2) is 3.29. The Morgan fingerprint density at radius 2 is 2.14 bits per heavy atom. The van der Waals surface area contributed by atoms with Crippen molar-refractivity contribution in [1.82, 2.24) is 0 Å². The molecule has 14 heavy (non-hydrogen) atoms. The number of rotatable bonds is 2. The minimum Gasteiger partial charge on any atom is -0.478 e. The smallest absolute Gasteiger partial charge is 0.338 e. The number of hydrogen-bond donors (Lipinski definition) is 2. The molecular formula is C7H5FN2O4. The van der Waals surface area contributed by atoms with Crippen LogP contribution in [-0.2, 0) is 0 Å². The molecule has 0 atom stereocenters. The van der Waals surface area contributed by atoms with Gasteiger partial charge in [0.25, 0.3) is 0 Å². The molecule has 0 aliphatic heterocycles. The fraction of sp³-hybridized carbons (Fsp3) is 0. The second-order valence-electron chi connectivity index (χ2n) is 2.43. The Kier molecular flexibility index (Phi) is 2.32. The molecule has 0 fully saturated rings. The summed E-state index contributed by atoms with van der Waals surface area (Å²) in [7, 11) is 0. The number of aromatic carboxylic acids is 1. The number of nitrogens with zero attached hydrogens (tertiary/aromatic N) is 1. The van der Waals surface area contributed by atoms with Crippen LogP contribution in [0, 0.1) is 15.9 Å². The average molecular weight is 200 g/mol. The third-order valence-electron chi connectivity index (χ3n) is 1.56. The summed E-state index contributed by atoms with van der Waals surface area (Å²) in [5, 5.41) is 18.8. The van der Waals surface area contributed by atoms with Crippen molar-refractivity contribution in [3.8, 4) is 0 Å². The Morgan fingerprint density at radius 3 is 2.57 bits per heavy atom. The van der Waals surface area contributed by atoms with Gasteiger partial charge in [0.2, 0.25) is 5.82 Å². The maximum atomic E-state index is 13.1. The average Bonchev–Trinajstić information content (AvgIpc) is 2.02. The number of nitrogen functional groups attached to an aromatic ring is 1. The van der Waals surface area contributed by atoms with Gasteiger partial charge in [-0.1, -0.05) is 0 Å². The van der Waals surface area contributed by atoms with E-state index >= 15 is 0 Å². The standard InChI is InChI=1S/C7H5FN2O4/c8-5-3(7(11)12)1-2-4(9)6(5)10(13)14/h1-2H,9H2,(H,11,12). The number of nitro groups is 1. The highest BCUT2D eigenvalue weighted by molar-refractivity contribution is 5.90. The van der Waals surface area contributed by atoms with Crippen molar-refractivity contribution >= 4 is 17.3 Å². The molecule has 0 aromatic heterocycles. The molecule has 3 N–H and O–H groups in total. The van der Waals surface area contributed by atoms with Gasteiger partial charge in [-0.05, 0) is 12.1 Å². The molecule has 1 aromatic carbocycles. The summed E-state index contributed by atoms with van der Waals surface area (Å²) in [5.74, 6) is -3.01. The highest BCUT2D eigenvalue weighted by Gasteiger charge is 2.24. The summed E-state index contributed by atoms with van der Waals surface area (Å²) in [6.07, 6.45) is 0. The molecule has 74 valence electrons. The Hall–Kier alpha value is -2.18. The maximum Gasteiger partial charge on any atom is 0.338 e. The monoisotopic (exact) mass is 200 g/mol. The number of benzene rings is 1. The van der Waals surface area contributed by atoms with E-state index in [2.05, 4.69) is 0 Å². The van der Waals surface area contributed by atoms with Crippen molar-refractivity contribution in [3.05, 3.63) is 33.6 Å². The van der Waals surface area contributed by atoms with E-state index in [1.807, 2.05) is 0 Å². The quantitative estimate of drug-likeness (QED) is 0.421. The zero-order chi connectivity index (χ0) is 10.9. The Balaban J connectivity index is 3.49. The van der Waals surface area contributed by atoms with E-state index < -0.39 is 33.6 Å². The zero-order valence-corrected chi connectivity index (χ0v) is 6.73. The highest BCUT2D eigenvalue weighted by atomic mass is 19.1. The molecule has 0 saturated heterocycles. The number of hydrogen-bond acceptors (Lipinski definition) is 4. The van der Waals surface area contributed by atoms with Crippen molar-refractivity contribution in [2.75, 3.05) is 5.73 Å². The Bertz CT molecular complexity index is 418. The summed E-state index contributed by atoms with van der Waals surface area (Å²) in [6.45, 7) is 0. The zero-order valence-electron chi connectivity index (χ0n) is 6.73. The third kappa shape index (κ3) is 1.47. The van der Waals surface area contributed by atoms with Gasteiger partial charge in [-0.3, -0.25) is 10.1 Å². The molecule has 0 radical (unpaired) electrons. The van der Waals surface area contributed by atoms with E-state index in [4.69, 9.17) is 10.8 Å². The summed E-state index contributed by atoms with van der Waals surface area (Å²) >= 11 is 0. The molecule has 0 spiro atoms. The molecular weight excluding hydrogens is 195 g/mol. The summed E-state index contributed by atoms with van der Waals surface area (Å²) in [5.41, 5.74) is 2.93. The van der Waals surface area contributed by atoms with Gasteiger partial charge in [-0.25, -0.2) is 4.79 Å². The Labute approximate surface area is 76.9 Å². The fourth-order valence-electron chi connectivity index (χ4n) is 0.930. The lowest BCUT2D eigenvalue weighted by Gasteiger charge is -2.00. The molecule has 0 amide bonds. The van der Waals surface area contributed by atoms with Crippen LogP contribution in [-0.4, -0.2) is 16.0 Å². The summed E-state index contributed by atoms with van der Waals surface area (Å²) in [4.78, 5) is 19.7. The first-order chi connectivity index (χ1) is 6.45. The highest BCUT2D eigenvalue weighted by Crippen LogP contribution is 2.27. The van der Waals surface area contributed by atoms with Crippen LogP contribution in [0.3, 0.4) is 0 Å². The molecule has 0 bridgehead atoms. The summed E-state index contributed by atoms with van der Waals surface area (Å²) < 4.78 is 13.1. The number of anilines is 1. The minimum atomic E-state index is -1.58. The molecule has 0 unspecified atom stereocenters. The number of halogens is 1. The van der Waals surface area contributed by atoms with Crippen LogP contribution < -0.4 is 5.73 Å². The fourth-order valence-corrected chi connectivity index (χ4v) is 0.930. The van der Waals surface area contributed by atoms with Gasteiger partial charge >= 0.3 is 11.7 Å². The van der Waals surface area contributed by atoms with Gasteiger partial charge in [0, 0.05) is 0 Å². The minimum absolute atomic E-state index is 0.405. The van der Waals surface area contributed by atoms with Gasteiger partial charge in [0.15, 0.2) is 0 Å². The van der Waals surface area contributed by atoms with Crippen LogP contribution in [0.5, 0.6) is 0 Å². The molecule has 0 saturated carbocycles. The molecule has 1 rings (SSSR count). The first-order valence-corrected chi connectivity index (χ1v) is 3.40. The molecule has 0 aliphatic rings.